The summed E-state index contributed by atoms with van der Waals surface area (Å²) in [6, 6.07) is 0. The van der Waals surface area contributed by atoms with E-state index in [2.05, 4.69) is 0 Å². The maximum Gasteiger partial charge on any atom is 1.00 e. The topological polar surface area (TPSA) is 68.8 Å². The maximum atomic E-state index is 9.00. The van der Waals surface area contributed by atoms with Crippen molar-refractivity contribution in [2.45, 2.75) is 6.92 Å². The summed E-state index contributed by atoms with van der Waals surface area (Å²) >= 11 is 0. The van der Waals surface area contributed by atoms with Crippen LogP contribution in [0.15, 0.2) is 0 Å². The van der Waals surface area contributed by atoms with Crippen LogP contribution in [0.5, 0.6) is 0 Å². The van der Waals surface area contributed by atoms with Crippen molar-refractivity contribution < 1.29 is 46.4 Å². The predicted molar refractivity (Wildman–Crippen MR) is 18.0 cm³/mol. The van der Waals surface area contributed by atoms with E-state index in [9.17, 15) is 0 Å². The van der Waals surface area contributed by atoms with Gasteiger partial charge < -0.3 is 12.0 Å². The third-order valence-corrected chi connectivity index (χ3v) is 0. The Kier molecular flexibility index (Phi) is 24.3. The normalized spacial score (nSPS) is 4.17. The minimum absolute atomic E-state index is 0. The first-order valence-corrected chi connectivity index (χ1v) is 0.928. The molecule has 0 aromatic rings. The third-order valence-electron chi connectivity index (χ3n) is 0. The van der Waals surface area contributed by atoms with Crippen molar-refractivity contribution >= 4 is 5.97 Å². The van der Waals surface area contributed by atoms with Crippen LogP contribution < -0.4 is 29.6 Å². The molecule has 0 heterocycles. The smallest absolute Gasteiger partial charge is 1.00 e. The monoisotopic (exact) mass is 102 g/mol. The van der Waals surface area contributed by atoms with Gasteiger partial charge in [-0.2, -0.15) is 0 Å². The van der Waals surface area contributed by atoms with Crippen LogP contribution in [0, 0.1) is 0 Å². The number of aliphatic carboxylic acids is 1. The Bertz CT molecular complexity index is 35.9. The molecule has 0 aliphatic heterocycles. The molecule has 0 amide bonds. The van der Waals surface area contributed by atoms with Gasteiger partial charge in [0.15, 0.2) is 0 Å². The Labute approximate surface area is 59.4 Å². The molecule has 0 rings (SSSR count). The van der Waals surface area contributed by atoms with Gasteiger partial charge in [-0.05, 0) is 0 Å². The molecule has 0 saturated heterocycles. The Morgan fingerprint density at radius 1 is 1.83 bits per heavy atom. The summed E-state index contributed by atoms with van der Waals surface area (Å²) in [5.41, 5.74) is 0. The molecular formula is C2H7NaO3. The second-order valence-electron chi connectivity index (χ2n) is 0.519. The van der Waals surface area contributed by atoms with Crippen molar-refractivity contribution in [3.63, 3.8) is 0 Å². The van der Waals surface area contributed by atoms with E-state index in [-0.39, 0.29) is 36.5 Å². The number of carboxylic acids is 1. The molecule has 0 bridgehead atoms. The van der Waals surface area contributed by atoms with E-state index in [1.165, 1.54) is 0 Å². The summed E-state index contributed by atoms with van der Waals surface area (Å²) in [5, 5.41) is 7.42. The van der Waals surface area contributed by atoms with Crippen molar-refractivity contribution in [2.75, 3.05) is 0 Å². The standard InChI is InChI=1S/C2H4O2.Na.H2O.H/c1-2(3)4;;;/h1H3,(H,3,4);;1H2;/q;+1;;-1. The van der Waals surface area contributed by atoms with Crippen molar-refractivity contribution in [1.29, 1.82) is 0 Å². The molecule has 6 heavy (non-hydrogen) atoms. The van der Waals surface area contributed by atoms with Gasteiger partial charge in [0.25, 0.3) is 5.97 Å². The van der Waals surface area contributed by atoms with Gasteiger partial charge in [0.1, 0.15) is 0 Å². The molecule has 0 unspecified atom stereocenters. The second-order valence-corrected chi connectivity index (χ2v) is 0.519. The van der Waals surface area contributed by atoms with Gasteiger partial charge >= 0.3 is 29.6 Å². The average molecular weight is 102 g/mol. The quantitative estimate of drug-likeness (QED) is 0.321. The van der Waals surface area contributed by atoms with Crippen LogP contribution in [0.1, 0.15) is 8.35 Å². The van der Waals surface area contributed by atoms with Crippen LogP contribution in [-0.2, 0) is 4.79 Å². The maximum absolute atomic E-state index is 9.00. The first-order chi connectivity index (χ1) is 1.73. The van der Waals surface area contributed by atoms with E-state index in [0.717, 1.165) is 6.92 Å². The third kappa shape index (κ3) is 282. The molecule has 0 spiro atoms. The molecule has 3 nitrogen and oxygen atoms in total. The SMILES string of the molecule is CC(=O)O.O.[H-].[Na+]. The molecule has 0 aliphatic rings. The van der Waals surface area contributed by atoms with E-state index >= 15 is 0 Å². The summed E-state index contributed by atoms with van der Waals surface area (Å²) in [6.07, 6.45) is 0. The van der Waals surface area contributed by atoms with Gasteiger partial charge in [-0.3, -0.25) is 4.79 Å². The van der Waals surface area contributed by atoms with Crippen LogP contribution in [-0.4, -0.2) is 16.6 Å². The molecule has 0 radical (unpaired) electrons. The van der Waals surface area contributed by atoms with E-state index in [1.807, 2.05) is 0 Å². The molecule has 0 fully saturated rings. The van der Waals surface area contributed by atoms with E-state index in [4.69, 9.17) is 9.90 Å². The number of carboxylic acid groups (broad SMARTS) is 1. The number of hydrogen-bond donors (Lipinski definition) is 1. The number of hydrogen-bond acceptors (Lipinski definition) is 1. The Balaban J connectivity index is -0.0000000150. The van der Waals surface area contributed by atoms with Crippen molar-refractivity contribution in [3.05, 3.63) is 0 Å². The van der Waals surface area contributed by atoms with Gasteiger partial charge in [0.2, 0.25) is 0 Å². The van der Waals surface area contributed by atoms with E-state index in [0.29, 0.717) is 0 Å². The molecule has 0 aromatic heterocycles. The van der Waals surface area contributed by atoms with Crippen molar-refractivity contribution in [2.24, 2.45) is 0 Å². The van der Waals surface area contributed by atoms with Gasteiger partial charge in [0.05, 0.1) is 0 Å². The molecule has 0 atom stereocenters. The van der Waals surface area contributed by atoms with Crippen LogP contribution >= 0.6 is 0 Å². The summed E-state index contributed by atoms with van der Waals surface area (Å²) < 4.78 is 0. The number of rotatable bonds is 0. The zero-order valence-corrected chi connectivity index (χ0v) is 5.86. The van der Waals surface area contributed by atoms with Crippen LogP contribution in [0.25, 0.3) is 0 Å². The molecule has 3 N–H and O–H groups in total. The number of carbonyl (C=O) groups is 1. The van der Waals surface area contributed by atoms with Crippen LogP contribution in [0.3, 0.4) is 0 Å². The van der Waals surface area contributed by atoms with Crippen LogP contribution in [0.4, 0.5) is 0 Å². The van der Waals surface area contributed by atoms with Crippen molar-refractivity contribution in [1.82, 2.24) is 0 Å². The summed E-state index contributed by atoms with van der Waals surface area (Å²) in [5.74, 6) is -0.833. The predicted octanol–water partition coefficient (Wildman–Crippen LogP) is -3.62. The largest absolute Gasteiger partial charge is 1.00 e. The van der Waals surface area contributed by atoms with Gasteiger partial charge in [-0.1, -0.05) is 0 Å². The fourth-order valence-electron chi connectivity index (χ4n) is 0. The zero-order chi connectivity index (χ0) is 3.58. The van der Waals surface area contributed by atoms with Gasteiger partial charge in [-0.15, -0.1) is 0 Å². The zero-order valence-electron chi connectivity index (χ0n) is 4.86. The van der Waals surface area contributed by atoms with Gasteiger partial charge in [0, 0.05) is 6.92 Å². The molecule has 4 heteroatoms. The minimum Gasteiger partial charge on any atom is -1.00 e. The summed E-state index contributed by atoms with van der Waals surface area (Å²) in [4.78, 5) is 9.00. The molecule has 0 saturated carbocycles. The fraction of sp³-hybridized carbons (Fsp3) is 0.500. The Morgan fingerprint density at radius 2 is 1.83 bits per heavy atom. The van der Waals surface area contributed by atoms with Crippen LogP contribution in [0.2, 0.25) is 0 Å². The molecule has 0 aliphatic carbocycles. The van der Waals surface area contributed by atoms with E-state index in [1.54, 1.807) is 0 Å². The molecule has 0 aromatic carbocycles. The molecule has 34 valence electrons. The summed E-state index contributed by atoms with van der Waals surface area (Å²) in [7, 11) is 0. The average Bonchev–Trinajstić information content (AvgIpc) is 0.811. The first-order valence-electron chi connectivity index (χ1n) is 0.928. The fourth-order valence-corrected chi connectivity index (χ4v) is 0. The molecular weight excluding hydrogens is 95.0 g/mol. The summed E-state index contributed by atoms with van der Waals surface area (Å²) in [6.45, 7) is 1.08. The Morgan fingerprint density at radius 3 is 1.83 bits per heavy atom. The second kappa shape index (κ2) is 9.06. The first kappa shape index (κ1) is 16.1. The minimum atomic E-state index is -0.833. The van der Waals surface area contributed by atoms with Crippen molar-refractivity contribution in [3.8, 4) is 0 Å². The van der Waals surface area contributed by atoms with E-state index < -0.39 is 5.97 Å². The van der Waals surface area contributed by atoms with Gasteiger partial charge in [-0.25, -0.2) is 0 Å². The Hall–Kier alpha value is 0.430.